The quantitative estimate of drug-likeness (QED) is 0.593. The summed E-state index contributed by atoms with van der Waals surface area (Å²) in [6.45, 7) is 0. The lowest BCUT2D eigenvalue weighted by atomic mass is 10.1. The van der Waals surface area contributed by atoms with Gasteiger partial charge in [0.05, 0.1) is 17.4 Å². The van der Waals surface area contributed by atoms with E-state index in [0.717, 1.165) is 0 Å². The van der Waals surface area contributed by atoms with Gasteiger partial charge in [0, 0.05) is 22.0 Å². The standard InChI is InChI=1S/C20H16N2O5S/c23-18(24)11-16(12-5-2-1-3-6-12)22-28(26,27)17-10-9-15-19-13(17)7-4-8-14(19)20(25)21-15/h1-10,16,22H,11H2,(H,21,25)(H,23,24)/t16-/m0/s1. The minimum absolute atomic E-state index is 0.00378. The molecule has 1 heterocycles. The number of aliphatic carboxylic acids is 1. The van der Waals surface area contributed by atoms with Crippen LogP contribution in [-0.4, -0.2) is 25.4 Å². The molecule has 3 aromatic rings. The molecule has 0 radical (unpaired) electrons. The zero-order valence-electron chi connectivity index (χ0n) is 14.5. The molecule has 0 fully saturated rings. The molecule has 1 aliphatic heterocycles. The van der Waals surface area contributed by atoms with Gasteiger partial charge in [-0.15, -0.1) is 0 Å². The molecule has 8 heteroatoms. The van der Waals surface area contributed by atoms with E-state index in [1.807, 2.05) is 0 Å². The summed E-state index contributed by atoms with van der Waals surface area (Å²) in [5, 5.41) is 12.9. The molecular formula is C20H16N2O5S. The van der Waals surface area contributed by atoms with Gasteiger partial charge in [-0.1, -0.05) is 42.5 Å². The van der Waals surface area contributed by atoms with Crippen molar-refractivity contribution < 1.29 is 23.1 Å². The minimum Gasteiger partial charge on any atom is -0.481 e. The monoisotopic (exact) mass is 396 g/mol. The summed E-state index contributed by atoms with van der Waals surface area (Å²) in [6, 6.07) is 15.5. The second kappa shape index (κ2) is 6.74. The summed E-state index contributed by atoms with van der Waals surface area (Å²) in [5.74, 6) is -1.40. The Labute approximate surface area is 161 Å². The van der Waals surface area contributed by atoms with Crippen LogP contribution in [0.4, 0.5) is 5.69 Å². The summed E-state index contributed by atoms with van der Waals surface area (Å²) in [4.78, 5) is 23.3. The number of hydrogen-bond donors (Lipinski definition) is 3. The van der Waals surface area contributed by atoms with Gasteiger partial charge < -0.3 is 10.4 Å². The average Bonchev–Trinajstić information content (AvgIpc) is 2.99. The highest BCUT2D eigenvalue weighted by atomic mass is 32.2. The van der Waals surface area contributed by atoms with Crippen LogP contribution < -0.4 is 10.0 Å². The first-order valence-corrected chi connectivity index (χ1v) is 10.0. The first-order chi connectivity index (χ1) is 13.4. The Morgan fingerprint density at radius 3 is 2.50 bits per heavy atom. The van der Waals surface area contributed by atoms with E-state index in [2.05, 4.69) is 10.0 Å². The van der Waals surface area contributed by atoms with E-state index < -0.39 is 28.5 Å². The maximum atomic E-state index is 13.1. The van der Waals surface area contributed by atoms with Gasteiger partial charge in [0.2, 0.25) is 10.0 Å². The van der Waals surface area contributed by atoms with Gasteiger partial charge >= 0.3 is 5.97 Å². The highest BCUT2D eigenvalue weighted by Crippen LogP contribution is 2.36. The SMILES string of the molecule is O=C(O)C[C@H](NS(=O)(=O)c1ccc2c3c(cccc13)C(=O)N2)c1ccccc1. The fourth-order valence-electron chi connectivity index (χ4n) is 3.44. The normalized spacial score (nSPS) is 14.1. The van der Waals surface area contributed by atoms with E-state index in [0.29, 0.717) is 27.6 Å². The van der Waals surface area contributed by atoms with Crippen molar-refractivity contribution in [3.63, 3.8) is 0 Å². The topological polar surface area (TPSA) is 113 Å². The molecule has 4 rings (SSSR count). The minimum atomic E-state index is -4.06. The third kappa shape index (κ3) is 3.12. The van der Waals surface area contributed by atoms with Gasteiger partial charge in [-0.25, -0.2) is 13.1 Å². The van der Waals surface area contributed by atoms with Crippen LogP contribution in [0.25, 0.3) is 10.8 Å². The van der Waals surface area contributed by atoms with Crippen molar-refractivity contribution in [2.75, 3.05) is 5.32 Å². The molecule has 28 heavy (non-hydrogen) atoms. The van der Waals surface area contributed by atoms with Crippen molar-refractivity contribution in [1.29, 1.82) is 0 Å². The number of amides is 1. The van der Waals surface area contributed by atoms with Gasteiger partial charge in [-0.05, 0) is 23.8 Å². The molecule has 3 aromatic carbocycles. The number of carboxylic acid groups (broad SMARTS) is 1. The molecule has 1 atom stereocenters. The van der Waals surface area contributed by atoms with E-state index in [4.69, 9.17) is 0 Å². The van der Waals surface area contributed by atoms with Crippen LogP contribution in [0.5, 0.6) is 0 Å². The average molecular weight is 396 g/mol. The summed E-state index contributed by atoms with van der Waals surface area (Å²) in [6.07, 6.45) is -0.398. The zero-order chi connectivity index (χ0) is 19.9. The molecular weight excluding hydrogens is 380 g/mol. The van der Waals surface area contributed by atoms with Gasteiger partial charge in [0.25, 0.3) is 5.91 Å². The van der Waals surface area contributed by atoms with Crippen LogP contribution in [0, 0.1) is 0 Å². The number of hydrogen-bond acceptors (Lipinski definition) is 4. The van der Waals surface area contributed by atoms with Crippen LogP contribution in [-0.2, 0) is 14.8 Å². The molecule has 142 valence electrons. The Hall–Kier alpha value is -3.23. The molecule has 0 unspecified atom stereocenters. The Kier molecular flexibility index (Phi) is 4.37. The third-order valence-electron chi connectivity index (χ3n) is 4.66. The van der Waals surface area contributed by atoms with E-state index in [-0.39, 0.29) is 10.8 Å². The Morgan fingerprint density at radius 1 is 1.04 bits per heavy atom. The van der Waals surface area contributed by atoms with Crippen molar-refractivity contribution in [1.82, 2.24) is 4.72 Å². The van der Waals surface area contributed by atoms with Gasteiger partial charge in [0.15, 0.2) is 0 Å². The number of anilines is 1. The van der Waals surface area contributed by atoms with Crippen molar-refractivity contribution in [3.05, 3.63) is 71.8 Å². The largest absolute Gasteiger partial charge is 0.481 e. The summed E-state index contributed by atoms with van der Waals surface area (Å²) >= 11 is 0. The summed E-state index contributed by atoms with van der Waals surface area (Å²) < 4.78 is 28.8. The second-order valence-corrected chi connectivity index (χ2v) is 8.16. The van der Waals surface area contributed by atoms with Crippen molar-refractivity contribution >= 4 is 38.4 Å². The molecule has 0 spiro atoms. The van der Waals surface area contributed by atoms with Crippen LogP contribution in [0.15, 0.2) is 65.6 Å². The highest BCUT2D eigenvalue weighted by molar-refractivity contribution is 7.89. The number of rotatable bonds is 6. The summed E-state index contributed by atoms with van der Waals surface area (Å²) in [7, 11) is -4.06. The number of benzene rings is 3. The highest BCUT2D eigenvalue weighted by Gasteiger charge is 2.28. The van der Waals surface area contributed by atoms with Crippen molar-refractivity contribution in [3.8, 4) is 0 Å². The molecule has 7 nitrogen and oxygen atoms in total. The van der Waals surface area contributed by atoms with Crippen molar-refractivity contribution in [2.24, 2.45) is 0 Å². The van der Waals surface area contributed by atoms with Crippen molar-refractivity contribution in [2.45, 2.75) is 17.4 Å². The molecule has 1 aliphatic rings. The number of nitrogens with one attached hydrogen (secondary N) is 2. The Bertz CT molecular complexity index is 1210. The van der Waals surface area contributed by atoms with Crippen LogP contribution >= 0.6 is 0 Å². The van der Waals surface area contributed by atoms with E-state index >= 15 is 0 Å². The molecule has 0 aromatic heterocycles. The van der Waals surface area contributed by atoms with E-state index in [1.54, 1.807) is 54.6 Å². The van der Waals surface area contributed by atoms with Crippen LogP contribution in [0.3, 0.4) is 0 Å². The van der Waals surface area contributed by atoms with Crippen LogP contribution in [0.2, 0.25) is 0 Å². The van der Waals surface area contributed by atoms with E-state index in [1.165, 1.54) is 6.07 Å². The van der Waals surface area contributed by atoms with Gasteiger partial charge in [-0.3, -0.25) is 9.59 Å². The molecule has 0 bridgehead atoms. The van der Waals surface area contributed by atoms with E-state index in [9.17, 15) is 23.1 Å². The molecule has 0 saturated heterocycles. The first-order valence-electron chi connectivity index (χ1n) is 8.53. The lowest BCUT2D eigenvalue weighted by Crippen LogP contribution is -2.30. The molecule has 1 amide bonds. The smallest absolute Gasteiger partial charge is 0.305 e. The predicted molar refractivity (Wildman–Crippen MR) is 104 cm³/mol. The Balaban J connectivity index is 1.79. The maximum absolute atomic E-state index is 13.1. The number of carboxylic acids is 1. The Morgan fingerprint density at radius 2 is 1.79 bits per heavy atom. The first kappa shape index (κ1) is 18.1. The lowest BCUT2D eigenvalue weighted by molar-refractivity contribution is -0.137. The molecule has 3 N–H and O–H groups in total. The number of carbonyl (C=O) groups is 2. The third-order valence-corrected chi connectivity index (χ3v) is 6.19. The number of carbonyl (C=O) groups excluding carboxylic acids is 1. The summed E-state index contributed by atoms with van der Waals surface area (Å²) in [5.41, 5.74) is 1.52. The number of sulfonamides is 1. The fraction of sp³-hybridized carbons (Fsp3) is 0.100. The molecule has 0 saturated carbocycles. The maximum Gasteiger partial charge on any atom is 0.305 e. The fourth-order valence-corrected chi connectivity index (χ4v) is 4.86. The predicted octanol–water partition coefficient (Wildman–Crippen LogP) is 2.90. The lowest BCUT2D eigenvalue weighted by Gasteiger charge is -2.18. The molecule has 0 aliphatic carbocycles. The van der Waals surface area contributed by atoms with Gasteiger partial charge in [-0.2, -0.15) is 0 Å². The second-order valence-electron chi connectivity index (χ2n) is 6.48. The van der Waals surface area contributed by atoms with Crippen LogP contribution in [0.1, 0.15) is 28.4 Å². The van der Waals surface area contributed by atoms with Gasteiger partial charge in [0.1, 0.15) is 0 Å². The zero-order valence-corrected chi connectivity index (χ0v) is 15.4.